The summed E-state index contributed by atoms with van der Waals surface area (Å²) in [5, 5.41) is 82.6. The highest BCUT2D eigenvalue weighted by molar-refractivity contribution is 5.57. The van der Waals surface area contributed by atoms with Crippen molar-refractivity contribution in [1.82, 2.24) is 0 Å². The first-order valence-corrected chi connectivity index (χ1v) is 12.5. The lowest BCUT2D eigenvalue weighted by atomic mass is 9.78. The SMILES string of the molecule is Oc1ccc(C2c3cc4c(cc3OC(c3ccc(O)c(O)c3)C2O)OC(c2ccc(O)c(O)c2)C(O)C4)c(O)c1. The molecule has 8 N–H and O–H groups in total. The van der Waals surface area contributed by atoms with Crippen molar-refractivity contribution in [2.45, 2.75) is 36.8 Å². The zero-order chi connectivity index (χ0) is 28.3. The largest absolute Gasteiger partial charge is 0.508 e. The van der Waals surface area contributed by atoms with Crippen LogP contribution in [0.15, 0.2) is 66.7 Å². The second-order valence-electron chi connectivity index (χ2n) is 10.1. The molecule has 0 bridgehead atoms. The minimum Gasteiger partial charge on any atom is -0.508 e. The summed E-state index contributed by atoms with van der Waals surface area (Å²) in [6, 6.07) is 15.6. The second kappa shape index (κ2) is 9.44. The van der Waals surface area contributed by atoms with Gasteiger partial charge in [-0.15, -0.1) is 0 Å². The molecule has 4 aromatic rings. The maximum atomic E-state index is 11.6. The third-order valence-electron chi connectivity index (χ3n) is 7.47. The van der Waals surface area contributed by atoms with Gasteiger partial charge in [-0.3, -0.25) is 0 Å². The average molecular weight is 547 g/mol. The van der Waals surface area contributed by atoms with E-state index in [-0.39, 0.29) is 35.2 Å². The summed E-state index contributed by atoms with van der Waals surface area (Å²) in [6.07, 6.45) is -4.00. The highest BCUT2D eigenvalue weighted by Gasteiger charge is 2.42. The number of ether oxygens (including phenoxy) is 2. The smallest absolute Gasteiger partial charge is 0.157 e. The molecule has 0 fully saturated rings. The number of aromatic hydroxyl groups is 6. The van der Waals surface area contributed by atoms with Gasteiger partial charge in [-0.05, 0) is 53.1 Å². The number of hydrogen-bond donors (Lipinski definition) is 8. The van der Waals surface area contributed by atoms with Crippen LogP contribution in [0, 0.1) is 0 Å². The molecule has 5 atom stereocenters. The van der Waals surface area contributed by atoms with Crippen LogP contribution in [0.5, 0.6) is 46.0 Å². The Hall–Kier alpha value is -4.80. The first-order valence-electron chi connectivity index (χ1n) is 12.5. The predicted octanol–water partition coefficient (Wildman–Crippen LogP) is 3.58. The number of aliphatic hydroxyl groups excluding tert-OH is 2. The summed E-state index contributed by atoms with van der Waals surface area (Å²) in [4.78, 5) is 0. The van der Waals surface area contributed by atoms with Gasteiger partial charge in [0.05, 0.1) is 6.10 Å². The molecule has 0 spiro atoms. The first-order chi connectivity index (χ1) is 19.1. The van der Waals surface area contributed by atoms with Crippen LogP contribution in [0.25, 0.3) is 0 Å². The quantitative estimate of drug-likeness (QED) is 0.177. The average Bonchev–Trinajstić information content (AvgIpc) is 2.91. The van der Waals surface area contributed by atoms with E-state index in [0.717, 1.165) is 0 Å². The van der Waals surface area contributed by atoms with Gasteiger partial charge in [0.1, 0.15) is 35.2 Å². The molecule has 206 valence electrons. The topological polar surface area (TPSA) is 180 Å². The van der Waals surface area contributed by atoms with Crippen molar-refractivity contribution in [3.05, 3.63) is 94.5 Å². The van der Waals surface area contributed by atoms with Gasteiger partial charge in [-0.1, -0.05) is 18.2 Å². The van der Waals surface area contributed by atoms with Crippen LogP contribution in [0.2, 0.25) is 0 Å². The van der Waals surface area contributed by atoms with E-state index < -0.39 is 36.1 Å². The molecule has 10 heteroatoms. The molecule has 0 amide bonds. The summed E-state index contributed by atoms with van der Waals surface area (Å²) in [5.74, 6) is -1.94. The molecule has 0 radical (unpaired) electrons. The molecule has 5 unspecified atom stereocenters. The molecule has 2 aliphatic rings. The minimum atomic E-state index is -1.27. The van der Waals surface area contributed by atoms with E-state index >= 15 is 0 Å². The van der Waals surface area contributed by atoms with Crippen molar-refractivity contribution in [2.24, 2.45) is 0 Å². The van der Waals surface area contributed by atoms with Crippen molar-refractivity contribution in [3.8, 4) is 46.0 Å². The number of aliphatic hydroxyl groups is 2. The Labute approximate surface area is 227 Å². The van der Waals surface area contributed by atoms with Gasteiger partial charge in [0.15, 0.2) is 29.1 Å². The number of rotatable bonds is 3. The number of benzene rings is 4. The van der Waals surface area contributed by atoms with E-state index in [1.165, 1.54) is 54.6 Å². The summed E-state index contributed by atoms with van der Waals surface area (Å²) in [6.45, 7) is 0. The van der Waals surface area contributed by atoms with Gasteiger partial charge in [0.25, 0.3) is 0 Å². The Morgan fingerprint density at radius 3 is 1.80 bits per heavy atom. The van der Waals surface area contributed by atoms with Crippen molar-refractivity contribution < 1.29 is 50.3 Å². The number of hydrogen-bond acceptors (Lipinski definition) is 10. The van der Waals surface area contributed by atoms with Crippen LogP contribution in [-0.4, -0.2) is 53.1 Å². The summed E-state index contributed by atoms with van der Waals surface area (Å²) in [5.41, 5.74) is 2.25. The molecule has 4 aromatic carbocycles. The van der Waals surface area contributed by atoms with Crippen LogP contribution >= 0.6 is 0 Å². The predicted molar refractivity (Wildman–Crippen MR) is 140 cm³/mol. The van der Waals surface area contributed by atoms with E-state index in [2.05, 4.69) is 0 Å². The third-order valence-corrected chi connectivity index (χ3v) is 7.47. The highest BCUT2D eigenvalue weighted by atomic mass is 16.5. The second-order valence-corrected chi connectivity index (χ2v) is 10.1. The van der Waals surface area contributed by atoms with E-state index in [4.69, 9.17) is 9.47 Å². The van der Waals surface area contributed by atoms with E-state index in [0.29, 0.717) is 39.3 Å². The normalized spacial score (nSPS) is 23.4. The van der Waals surface area contributed by atoms with E-state index in [1.54, 1.807) is 12.1 Å². The van der Waals surface area contributed by atoms with Crippen molar-refractivity contribution >= 4 is 0 Å². The number of fused-ring (bicyclic) bond motifs is 2. The standard InChI is InChI=1S/C30H26O10/c31-16-3-4-17(21(34)11-16)27-18-7-15-10-24(37)29(13-1-5-19(32)22(35)8-13)39-25(15)12-26(18)40-30(28(27)38)14-2-6-20(33)23(36)9-14/h1-9,11-12,24,27-38H,10H2. The maximum absolute atomic E-state index is 11.6. The van der Waals surface area contributed by atoms with Crippen LogP contribution in [0.1, 0.15) is 45.9 Å². The Kier molecular flexibility index (Phi) is 6.01. The molecule has 0 aliphatic carbocycles. The van der Waals surface area contributed by atoms with Crippen molar-refractivity contribution in [3.63, 3.8) is 0 Å². The fraction of sp³-hybridized carbons (Fsp3) is 0.200. The molecule has 0 saturated carbocycles. The molecule has 40 heavy (non-hydrogen) atoms. The zero-order valence-electron chi connectivity index (χ0n) is 20.8. The molecule has 6 rings (SSSR count). The lowest BCUT2D eigenvalue weighted by molar-refractivity contribution is 0.00457. The lowest BCUT2D eigenvalue weighted by Crippen LogP contribution is -2.36. The zero-order valence-corrected chi connectivity index (χ0v) is 20.8. The third kappa shape index (κ3) is 4.23. The maximum Gasteiger partial charge on any atom is 0.157 e. The van der Waals surface area contributed by atoms with Crippen molar-refractivity contribution in [1.29, 1.82) is 0 Å². The van der Waals surface area contributed by atoms with Crippen LogP contribution in [-0.2, 0) is 6.42 Å². The molecule has 0 saturated heterocycles. The Balaban J connectivity index is 1.46. The summed E-state index contributed by atoms with van der Waals surface area (Å²) in [7, 11) is 0. The number of phenolic OH excluding ortho intramolecular Hbond substituents is 6. The lowest BCUT2D eigenvalue weighted by Gasteiger charge is -2.39. The van der Waals surface area contributed by atoms with Gasteiger partial charge in [0.2, 0.25) is 0 Å². The summed E-state index contributed by atoms with van der Waals surface area (Å²) >= 11 is 0. The number of phenols is 6. The molecule has 2 heterocycles. The van der Waals surface area contributed by atoms with E-state index in [1.807, 2.05) is 0 Å². The van der Waals surface area contributed by atoms with Crippen molar-refractivity contribution in [2.75, 3.05) is 0 Å². The molecule has 2 aliphatic heterocycles. The van der Waals surface area contributed by atoms with Gasteiger partial charge >= 0.3 is 0 Å². The fourth-order valence-electron chi connectivity index (χ4n) is 5.49. The molecule has 10 nitrogen and oxygen atoms in total. The fourth-order valence-corrected chi connectivity index (χ4v) is 5.49. The minimum absolute atomic E-state index is 0.156. The Bertz CT molecular complexity index is 1620. The van der Waals surface area contributed by atoms with Crippen LogP contribution in [0.4, 0.5) is 0 Å². The van der Waals surface area contributed by atoms with Gasteiger partial charge < -0.3 is 50.3 Å². The van der Waals surface area contributed by atoms with Gasteiger partial charge in [-0.2, -0.15) is 0 Å². The molecular formula is C30H26O10. The molecular weight excluding hydrogens is 520 g/mol. The molecule has 0 aromatic heterocycles. The van der Waals surface area contributed by atoms with Crippen LogP contribution < -0.4 is 9.47 Å². The Morgan fingerprint density at radius 1 is 0.550 bits per heavy atom. The summed E-state index contributed by atoms with van der Waals surface area (Å²) < 4.78 is 12.4. The van der Waals surface area contributed by atoms with E-state index in [9.17, 15) is 40.9 Å². The monoisotopic (exact) mass is 546 g/mol. The van der Waals surface area contributed by atoms with Crippen LogP contribution in [0.3, 0.4) is 0 Å². The Morgan fingerprint density at radius 2 is 1.18 bits per heavy atom. The highest BCUT2D eigenvalue weighted by Crippen LogP contribution is 2.51. The first kappa shape index (κ1) is 25.5. The van der Waals surface area contributed by atoms with Gasteiger partial charge in [0, 0.05) is 35.6 Å². The van der Waals surface area contributed by atoms with Gasteiger partial charge in [-0.25, -0.2) is 0 Å².